The van der Waals surface area contributed by atoms with Crippen molar-refractivity contribution in [3.63, 3.8) is 0 Å². The van der Waals surface area contributed by atoms with Gasteiger partial charge in [-0.15, -0.1) is 0 Å². The number of carbonyl (C=O) groups is 1. The van der Waals surface area contributed by atoms with E-state index >= 15 is 0 Å². The number of hydrogen-bond donors (Lipinski definition) is 1. The molecule has 1 heterocycles. The molecule has 0 aliphatic carbocycles. The molecule has 1 N–H and O–H groups in total. The summed E-state index contributed by atoms with van der Waals surface area (Å²) >= 11 is 1.85. The van der Waals surface area contributed by atoms with Crippen LogP contribution in [-0.2, 0) is 4.79 Å². The quantitative estimate of drug-likeness (QED) is 0.764. The first kappa shape index (κ1) is 10.9. The van der Waals surface area contributed by atoms with Crippen molar-refractivity contribution >= 4 is 17.7 Å². The van der Waals surface area contributed by atoms with Gasteiger partial charge in [0.1, 0.15) is 0 Å². The fourth-order valence-corrected chi connectivity index (χ4v) is 3.57. The van der Waals surface area contributed by atoms with E-state index in [2.05, 4.69) is 0 Å². The summed E-state index contributed by atoms with van der Waals surface area (Å²) in [5.74, 6) is 0.633. The molecule has 13 heavy (non-hydrogen) atoms. The van der Waals surface area contributed by atoms with Crippen molar-refractivity contribution in [2.45, 2.75) is 38.4 Å². The Morgan fingerprint density at radius 3 is 2.54 bits per heavy atom. The molecule has 0 radical (unpaired) electrons. The van der Waals surface area contributed by atoms with Crippen molar-refractivity contribution in [3.05, 3.63) is 0 Å². The van der Waals surface area contributed by atoms with E-state index in [1.165, 1.54) is 12.8 Å². The molecule has 76 valence electrons. The third-order valence-corrected chi connectivity index (χ3v) is 4.10. The lowest BCUT2D eigenvalue weighted by molar-refractivity contribution is -0.143. The molecule has 0 aromatic rings. The Balaban J connectivity index is 2.57. The van der Waals surface area contributed by atoms with Gasteiger partial charge in [-0.25, -0.2) is 0 Å². The lowest BCUT2D eigenvalue weighted by Gasteiger charge is -2.29. The summed E-state index contributed by atoms with van der Waals surface area (Å²) in [6, 6.07) is 0. The summed E-state index contributed by atoms with van der Waals surface area (Å²) in [4.78, 5) is 11.0. The zero-order chi connectivity index (χ0) is 9.84. The van der Waals surface area contributed by atoms with Crippen molar-refractivity contribution < 1.29 is 9.90 Å². The summed E-state index contributed by atoms with van der Waals surface area (Å²) in [5.41, 5.74) is 0. The van der Waals surface area contributed by atoms with Gasteiger partial charge in [0.15, 0.2) is 0 Å². The Morgan fingerprint density at radius 2 is 2.15 bits per heavy atom. The molecule has 1 saturated heterocycles. The van der Waals surface area contributed by atoms with Crippen LogP contribution in [0, 0.1) is 11.8 Å². The van der Waals surface area contributed by atoms with Gasteiger partial charge >= 0.3 is 5.97 Å². The van der Waals surface area contributed by atoms with Gasteiger partial charge in [-0.3, -0.25) is 4.79 Å². The Kier molecular flexibility index (Phi) is 4.10. The minimum atomic E-state index is -0.616. The first-order valence-electron chi connectivity index (χ1n) is 4.97. The summed E-state index contributed by atoms with van der Waals surface area (Å²) in [6.45, 7) is 4.02. The smallest absolute Gasteiger partial charge is 0.307 e. The van der Waals surface area contributed by atoms with Crippen LogP contribution < -0.4 is 0 Å². The van der Waals surface area contributed by atoms with Gasteiger partial charge < -0.3 is 5.11 Å². The Bertz CT molecular complexity index is 174. The highest BCUT2D eigenvalue weighted by Crippen LogP contribution is 2.34. The molecule has 0 spiro atoms. The van der Waals surface area contributed by atoms with Gasteiger partial charge in [-0.05, 0) is 24.5 Å². The third kappa shape index (κ3) is 2.90. The number of hydrogen-bond acceptors (Lipinski definition) is 2. The molecule has 2 unspecified atom stereocenters. The van der Waals surface area contributed by atoms with Crippen molar-refractivity contribution in [3.8, 4) is 0 Å². The Labute approximate surface area is 84.1 Å². The summed E-state index contributed by atoms with van der Waals surface area (Å²) in [7, 11) is 0. The van der Waals surface area contributed by atoms with Crippen molar-refractivity contribution in [2.24, 2.45) is 11.8 Å². The highest BCUT2D eigenvalue weighted by atomic mass is 32.2. The van der Waals surface area contributed by atoms with E-state index in [0.29, 0.717) is 5.25 Å². The van der Waals surface area contributed by atoms with Crippen molar-refractivity contribution in [2.75, 3.05) is 5.75 Å². The first-order valence-corrected chi connectivity index (χ1v) is 6.02. The monoisotopic (exact) mass is 202 g/mol. The van der Waals surface area contributed by atoms with Gasteiger partial charge in [0.05, 0.1) is 5.92 Å². The van der Waals surface area contributed by atoms with E-state index < -0.39 is 5.97 Å². The molecule has 0 aromatic heterocycles. The van der Waals surface area contributed by atoms with Gasteiger partial charge in [0.2, 0.25) is 0 Å². The van der Waals surface area contributed by atoms with Gasteiger partial charge in [0, 0.05) is 5.25 Å². The zero-order valence-corrected chi connectivity index (χ0v) is 9.14. The van der Waals surface area contributed by atoms with Crippen LogP contribution >= 0.6 is 11.8 Å². The standard InChI is InChI=1S/C10H18O2S/c1-7(2)9(10(11)12)8-5-3-4-6-13-8/h7-9H,3-6H2,1-2H3,(H,11,12). The maximum absolute atomic E-state index is 11.0. The van der Waals surface area contributed by atoms with Crippen LogP contribution in [-0.4, -0.2) is 22.1 Å². The number of aliphatic carboxylic acids is 1. The van der Waals surface area contributed by atoms with Gasteiger partial charge in [0.25, 0.3) is 0 Å². The van der Waals surface area contributed by atoms with E-state index in [1.54, 1.807) is 0 Å². The average molecular weight is 202 g/mol. The lowest BCUT2D eigenvalue weighted by atomic mass is 9.90. The molecule has 1 aliphatic heterocycles. The van der Waals surface area contributed by atoms with Crippen LogP contribution in [0.5, 0.6) is 0 Å². The second-order valence-corrected chi connectivity index (χ2v) is 5.36. The van der Waals surface area contributed by atoms with E-state index in [1.807, 2.05) is 25.6 Å². The highest BCUT2D eigenvalue weighted by Gasteiger charge is 2.32. The van der Waals surface area contributed by atoms with Crippen molar-refractivity contribution in [1.82, 2.24) is 0 Å². The number of carboxylic acids is 1. The molecule has 0 bridgehead atoms. The maximum Gasteiger partial charge on any atom is 0.307 e. The average Bonchev–Trinajstić information content (AvgIpc) is 2.04. The van der Waals surface area contributed by atoms with E-state index in [9.17, 15) is 4.79 Å². The maximum atomic E-state index is 11.0. The molecule has 1 fully saturated rings. The fourth-order valence-electron chi connectivity index (χ4n) is 1.92. The number of rotatable bonds is 3. The SMILES string of the molecule is CC(C)C(C(=O)O)C1CCCCS1. The third-order valence-electron chi connectivity index (χ3n) is 2.62. The van der Waals surface area contributed by atoms with E-state index in [4.69, 9.17) is 5.11 Å². The molecule has 0 amide bonds. The minimum absolute atomic E-state index is 0.148. The lowest BCUT2D eigenvalue weighted by Crippen LogP contribution is -2.32. The fraction of sp³-hybridized carbons (Fsp3) is 0.900. The van der Waals surface area contributed by atoms with Crippen LogP contribution in [0.25, 0.3) is 0 Å². The minimum Gasteiger partial charge on any atom is -0.481 e. The molecular formula is C10H18O2S. The summed E-state index contributed by atoms with van der Waals surface area (Å²) in [5, 5.41) is 9.44. The van der Waals surface area contributed by atoms with Crippen LogP contribution in [0.1, 0.15) is 33.1 Å². The highest BCUT2D eigenvalue weighted by molar-refractivity contribution is 8.00. The predicted molar refractivity (Wildman–Crippen MR) is 56.1 cm³/mol. The summed E-state index contributed by atoms with van der Waals surface area (Å²) < 4.78 is 0. The molecule has 2 atom stereocenters. The molecule has 1 aliphatic rings. The number of thioether (sulfide) groups is 1. The van der Waals surface area contributed by atoms with Gasteiger partial charge in [-0.1, -0.05) is 20.3 Å². The number of carboxylic acid groups (broad SMARTS) is 1. The van der Waals surface area contributed by atoms with E-state index in [-0.39, 0.29) is 11.8 Å². The molecule has 3 heteroatoms. The topological polar surface area (TPSA) is 37.3 Å². The Hall–Kier alpha value is -0.180. The normalized spacial score (nSPS) is 25.9. The molecular weight excluding hydrogens is 184 g/mol. The molecule has 0 aromatic carbocycles. The van der Waals surface area contributed by atoms with E-state index in [0.717, 1.165) is 12.2 Å². The molecule has 1 rings (SSSR count). The second kappa shape index (κ2) is 4.89. The molecule has 2 nitrogen and oxygen atoms in total. The summed E-state index contributed by atoms with van der Waals surface area (Å²) in [6.07, 6.45) is 3.54. The first-order chi connectivity index (χ1) is 6.13. The Morgan fingerprint density at radius 1 is 1.46 bits per heavy atom. The van der Waals surface area contributed by atoms with Crippen LogP contribution in [0.3, 0.4) is 0 Å². The second-order valence-electron chi connectivity index (χ2n) is 4.01. The molecule has 0 saturated carbocycles. The van der Waals surface area contributed by atoms with Crippen LogP contribution in [0.2, 0.25) is 0 Å². The largest absolute Gasteiger partial charge is 0.481 e. The zero-order valence-electron chi connectivity index (χ0n) is 8.32. The van der Waals surface area contributed by atoms with Crippen molar-refractivity contribution in [1.29, 1.82) is 0 Å². The van der Waals surface area contributed by atoms with Crippen LogP contribution in [0.4, 0.5) is 0 Å². The predicted octanol–water partition coefficient (Wildman–Crippen LogP) is 2.63. The van der Waals surface area contributed by atoms with Gasteiger partial charge in [-0.2, -0.15) is 11.8 Å². The van der Waals surface area contributed by atoms with Crippen LogP contribution in [0.15, 0.2) is 0 Å².